The number of hydrogen-bond acceptors (Lipinski definition) is 7. The summed E-state index contributed by atoms with van der Waals surface area (Å²) in [7, 11) is 5.62. The van der Waals surface area contributed by atoms with Gasteiger partial charge in [-0.15, -0.1) is 0 Å². The molecule has 0 saturated carbocycles. The van der Waals surface area contributed by atoms with Crippen LogP contribution < -0.4 is 15.0 Å². The van der Waals surface area contributed by atoms with Crippen LogP contribution in [0.3, 0.4) is 0 Å². The molecule has 1 aromatic heterocycles. The predicted octanol–water partition coefficient (Wildman–Crippen LogP) is 1.64. The van der Waals surface area contributed by atoms with E-state index >= 15 is 0 Å². The Balaban J connectivity index is 1.52. The number of rotatable bonds is 7. The van der Waals surface area contributed by atoms with Crippen LogP contribution in [0, 0.1) is 5.92 Å². The Morgan fingerprint density at radius 3 is 2.63 bits per heavy atom. The van der Waals surface area contributed by atoms with Crippen molar-refractivity contribution in [3.8, 4) is 17.1 Å². The topological polar surface area (TPSA) is 83.7 Å². The summed E-state index contributed by atoms with van der Waals surface area (Å²) >= 11 is 0. The van der Waals surface area contributed by atoms with Crippen molar-refractivity contribution in [2.75, 3.05) is 52.3 Å². The fraction of sp³-hybridized carbons (Fsp3) is 0.526. The van der Waals surface area contributed by atoms with Crippen molar-refractivity contribution in [2.24, 2.45) is 5.92 Å². The molecule has 1 aliphatic heterocycles. The molecule has 0 aliphatic carbocycles. The molecule has 3 rings (SSSR count). The quantitative estimate of drug-likeness (QED) is 0.790. The molecule has 8 nitrogen and oxygen atoms in total. The molecular weight excluding hydrogens is 346 g/mol. The van der Waals surface area contributed by atoms with Crippen molar-refractivity contribution in [1.29, 1.82) is 0 Å². The van der Waals surface area contributed by atoms with E-state index in [2.05, 4.69) is 20.4 Å². The lowest BCUT2D eigenvalue weighted by Crippen LogP contribution is -2.42. The fourth-order valence-electron chi connectivity index (χ4n) is 3.08. The molecular formula is C19H27N5O3. The molecule has 0 radical (unpaired) electrons. The smallest absolute Gasteiger partial charge is 0.324 e. The molecule has 146 valence electrons. The maximum absolute atomic E-state index is 12.3. The molecule has 0 spiro atoms. The van der Waals surface area contributed by atoms with Crippen LogP contribution >= 0.6 is 0 Å². The minimum Gasteiger partial charge on any atom is -0.497 e. The summed E-state index contributed by atoms with van der Waals surface area (Å²) in [6, 6.07) is 8.04. The number of amides is 1. The molecule has 27 heavy (non-hydrogen) atoms. The summed E-state index contributed by atoms with van der Waals surface area (Å²) in [6.45, 7) is 2.99. The van der Waals surface area contributed by atoms with E-state index in [1.54, 1.807) is 7.11 Å². The number of anilines is 1. The first-order chi connectivity index (χ1) is 13.1. The summed E-state index contributed by atoms with van der Waals surface area (Å²) in [4.78, 5) is 20.9. The minimum atomic E-state index is 0.0485. The number of aromatic nitrogens is 2. The van der Waals surface area contributed by atoms with Crippen molar-refractivity contribution in [3.63, 3.8) is 0 Å². The SMILES string of the molecule is COc1ccc(-c2noc(N3CCC(C(=O)NCCN(C)C)CC3)n2)cc1. The maximum atomic E-state index is 12.3. The van der Waals surface area contributed by atoms with E-state index in [9.17, 15) is 4.79 Å². The summed E-state index contributed by atoms with van der Waals surface area (Å²) in [6.07, 6.45) is 1.57. The van der Waals surface area contributed by atoms with Gasteiger partial charge in [-0.3, -0.25) is 4.79 Å². The van der Waals surface area contributed by atoms with E-state index in [-0.39, 0.29) is 11.8 Å². The van der Waals surface area contributed by atoms with Gasteiger partial charge in [-0.1, -0.05) is 5.16 Å². The molecule has 2 aromatic rings. The van der Waals surface area contributed by atoms with Crippen LogP contribution in [-0.4, -0.2) is 68.3 Å². The van der Waals surface area contributed by atoms with E-state index in [0.29, 0.717) is 18.4 Å². The molecule has 2 heterocycles. The summed E-state index contributed by atoms with van der Waals surface area (Å²) in [5.41, 5.74) is 0.876. The van der Waals surface area contributed by atoms with Gasteiger partial charge in [0, 0.05) is 37.7 Å². The number of ether oxygens (including phenoxy) is 1. The van der Waals surface area contributed by atoms with Gasteiger partial charge in [-0.05, 0) is 51.2 Å². The normalized spacial score (nSPS) is 15.2. The number of methoxy groups -OCH3 is 1. The lowest BCUT2D eigenvalue weighted by molar-refractivity contribution is -0.125. The van der Waals surface area contributed by atoms with Crippen molar-refractivity contribution >= 4 is 11.9 Å². The molecule has 1 saturated heterocycles. The third kappa shape index (κ3) is 4.97. The number of carbonyl (C=O) groups excluding carboxylic acids is 1. The third-order valence-corrected chi connectivity index (χ3v) is 4.76. The van der Waals surface area contributed by atoms with Gasteiger partial charge < -0.3 is 24.4 Å². The van der Waals surface area contributed by atoms with Gasteiger partial charge in [0.05, 0.1) is 7.11 Å². The van der Waals surface area contributed by atoms with Crippen LogP contribution in [0.15, 0.2) is 28.8 Å². The zero-order valence-electron chi connectivity index (χ0n) is 16.1. The second-order valence-electron chi connectivity index (χ2n) is 6.98. The third-order valence-electron chi connectivity index (χ3n) is 4.76. The first-order valence-electron chi connectivity index (χ1n) is 9.22. The van der Waals surface area contributed by atoms with Crippen LogP contribution in [-0.2, 0) is 4.79 Å². The zero-order valence-corrected chi connectivity index (χ0v) is 16.1. The Bertz CT molecular complexity index is 736. The Hall–Kier alpha value is -2.61. The number of nitrogens with zero attached hydrogens (tertiary/aromatic N) is 4. The Labute approximate surface area is 159 Å². The molecule has 1 amide bonds. The predicted molar refractivity (Wildman–Crippen MR) is 103 cm³/mol. The van der Waals surface area contributed by atoms with E-state index in [1.807, 2.05) is 43.3 Å². The Morgan fingerprint density at radius 1 is 1.30 bits per heavy atom. The van der Waals surface area contributed by atoms with E-state index < -0.39 is 0 Å². The largest absolute Gasteiger partial charge is 0.497 e. The molecule has 0 unspecified atom stereocenters. The zero-order chi connectivity index (χ0) is 19.2. The number of likely N-dealkylation sites (N-methyl/N-ethyl adjacent to an activating group) is 1. The van der Waals surface area contributed by atoms with Gasteiger partial charge in [0.1, 0.15) is 5.75 Å². The number of nitrogens with one attached hydrogen (secondary N) is 1. The average Bonchev–Trinajstić information content (AvgIpc) is 3.18. The molecule has 1 N–H and O–H groups in total. The first-order valence-corrected chi connectivity index (χ1v) is 9.22. The van der Waals surface area contributed by atoms with Gasteiger partial charge in [0.15, 0.2) is 0 Å². The Morgan fingerprint density at radius 2 is 2.00 bits per heavy atom. The number of carbonyl (C=O) groups is 1. The van der Waals surface area contributed by atoms with Gasteiger partial charge in [-0.2, -0.15) is 4.98 Å². The summed E-state index contributed by atoms with van der Waals surface area (Å²) in [5.74, 6) is 1.53. The standard InChI is InChI=1S/C19H27N5O3/c1-23(2)13-10-20-18(25)15-8-11-24(12-9-15)19-21-17(22-27-19)14-4-6-16(26-3)7-5-14/h4-7,15H,8-13H2,1-3H3,(H,20,25). The first kappa shape index (κ1) is 19.2. The highest BCUT2D eigenvalue weighted by atomic mass is 16.5. The van der Waals surface area contributed by atoms with E-state index in [0.717, 1.165) is 43.8 Å². The highest BCUT2D eigenvalue weighted by Crippen LogP contribution is 2.25. The molecule has 8 heteroatoms. The van der Waals surface area contributed by atoms with Crippen molar-refractivity contribution < 1.29 is 14.1 Å². The monoisotopic (exact) mass is 373 g/mol. The lowest BCUT2D eigenvalue weighted by Gasteiger charge is -2.29. The minimum absolute atomic E-state index is 0.0485. The summed E-state index contributed by atoms with van der Waals surface area (Å²) in [5, 5.41) is 7.09. The van der Waals surface area contributed by atoms with Crippen LogP contribution in [0.25, 0.3) is 11.4 Å². The highest BCUT2D eigenvalue weighted by Gasteiger charge is 2.27. The number of hydrogen-bond donors (Lipinski definition) is 1. The molecule has 1 aliphatic rings. The maximum Gasteiger partial charge on any atom is 0.324 e. The second-order valence-corrected chi connectivity index (χ2v) is 6.98. The number of piperidine rings is 1. The molecule has 0 atom stereocenters. The van der Waals surface area contributed by atoms with Crippen LogP contribution in [0.1, 0.15) is 12.8 Å². The summed E-state index contributed by atoms with van der Waals surface area (Å²) < 4.78 is 10.6. The second kappa shape index (κ2) is 8.85. The van der Waals surface area contributed by atoms with Gasteiger partial charge in [0.25, 0.3) is 0 Å². The van der Waals surface area contributed by atoms with Crippen LogP contribution in [0.4, 0.5) is 6.01 Å². The average molecular weight is 373 g/mol. The van der Waals surface area contributed by atoms with Crippen molar-refractivity contribution in [3.05, 3.63) is 24.3 Å². The van der Waals surface area contributed by atoms with E-state index in [4.69, 9.17) is 9.26 Å². The van der Waals surface area contributed by atoms with Crippen molar-refractivity contribution in [2.45, 2.75) is 12.8 Å². The molecule has 0 bridgehead atoms. The van der Waals surface area contributed by atoms with E-state index in [1.165, 1.54) is 0 Å². The van der Waals surface area contributed by atoms with Gasteiger partial charge >= 0.3 is 6.01 Å². The number of benzene rings is 1. The van der Waals surface area contributed by atoms with Crippen LogP contribution in [0.5, 0.6) is 5.75 Å². The van der Waals surface area contributed by atoms with Gasteiger partial charge in [-0.25, -0.2) is 0 Å². The lowest BCUT2D eigenvalue weighted by atomic mass is 9.96. The highest BCUT2D eigenvalue weighted by molar-refractivity contribution is 5.78. The fourth-order valence-corrected chi connectivity index (χ4v) is 3.08. The Kier molecular flexibility index (Phi) is 6.28. The molecule has 1 aromatic carbocycles. The molecule has 1 fully saturated rings. The van der Waals surface area contributed by atoms with Gasteiger partial charge in [0.2, 0.25) is 11.7 Å². The van der Waals surface area contributed by atoms with Crippen molar-refractivity contribution in [1.82, 2.24) is 20.4 Å². The van der Waals surface area contributed by atoms with Crippen LogP contribution in [0.2, 0.25) is 0 Å².